The van der Waals surface area contributed by atoms with Gasteiger partial charge in [0.05, 0.1) is 0 Å². The minimum absolute atomic E-state index is 0.188. The van der Waals surface area contributed by atoms with Gasteiger partial charge in [0.2, 0.25) is 0 Å². The van der Waals surface area contributed by atoms with E-state index in [9.17, 15) is 13.2 Å². The molecule has 1 heterocycles. The quantitative estimate of drug-likeness (QED) is 0.818. The third-order valence-corrected chi connectivity index (χ3v) is 2.40. The van der Waals surface area contributed by atoms with Gasteiger partial charge in [-0.2, -0.15) is 13.2 Å². The maximum atomic E-state index is 12.6. The monoisotopic (exact) mass is 252 g/mol. The summed E-state index contributed by atoms with van der Waals surface area (Å²) >= 11 is 0. The highest BCUT2D eigenvalue weighted by atomic mass is 19.4. The van der Waals surface area contributed by atoms with Crippen molar-refractivity contribution in [3.63, 3.8) is 0 Å². The van der Waals surface area contributed by atoms with Crippen LogP contribution >= 0.6 is 0 Å². The van der Waals surface area contributed by atoms with Gasteiger partial charge in [0.25, 0.3) is 0 Å². The van der Waals surface area contributed by atoms with Crippen molar-refractivity contribution in [2.75, 3.05) is 0 Å². The molecular formula is C13H11F3N2. The molecule has 0 aliphatic carbocycles. The van der Waals surface area contributed by atoms with E-state index in [1.807, 2.05) is 30.3 Å². The summed E-state index contributed by atoms with van der Waals surface area (Å²) in [4.78, 5) is 7.60. The Morgan fingerprint density at radius 2 is 1.72 bits per heavy atom. The molecule has 94 valence electrons. The molecule has 0 radical (unpaired) electrons. The summed E-state index contributed by atoms with van der Waals surface area (Å²) in [6.45, 7) is 1.53. The minimum atomic E-state index is -4.43. The van der Waals surface area contributed by atoms with Crippen molar-refractivity contribution < 1.29 is 13.2 Å². The fourth-order valence-corrected chi connectivity index (χ4v) is 1.63. The number of alkyl halides is 3. The Labute approximate surface area is 103 Å². The topological polar surface area (TPSA) is 25.8 Å². The Morgan fingerprint density at radius 3 is 2.33 bits per heavy atom. The molecule has 2 nitrogen and oxygen atoms in total. The summed E-state index contributed by atoms with van der Waals surface area (Å²) in [7, 11) is 0. The zero-order valence-corrected chi connectivity index (χ0v) is 9.70. The van der Waals surface area contributed by atoms with Crippen molar-refractivity contribution >= 4 is 0 Å². The fraction of sp³-hybridized carbons (Fsp3) is 0.231. The minimum Gasteiger partial charge on any atom is -0.238 e. The molecule has 2 aromatic rings. The third-order valence-electron chi connectivity index (χ3n) is 2.40. The van der Waals surface area contributed by atoms with Crippen molar-refractivity contribution in [2.45, 2.75) is 19.5 Å². The standard InChI is InChI=1S/C13H11F3N2/c1-9-7-11(13(14,15)16)18-12(17-9)8-10-5-3-2-4-6-10/h2-7H,8H2,1H3. The lowest BCUT2D eigenvalue weighted by Gasteiger charge is -2.08. The Hall–Kier alpha value is -1.91. The van der Waals surface area contributed by atoms with Crippen molar-refractivity contribution in [1.82, 2.24) is 9.97 Å². The van der Waals surface area contributed by atoms with E-state index >= 15 is 0 Å². The van der Waals surface area contributed by atoms with Gasteiger partial charge >= 0.3 is 6.18 Å². The molecule has 0 fully saturated rings. The highest BCUT2D eigenvalue weighted by Crippen LogP contribution is 2.28. The highest BCUT2D eigenvalue weighted by molar-refractivity contribution is 5.21. The number of halogens is 3. The zero-order valence-electron chi connectivity index (χ0n) is 9.70. The molecule has 0 unspecified atom stereocenters. The Bertz CT molecular complexity index is 536. The van der Waals surface area contributed by atoms with Crippen molar-refractivity contribution in [2.24, 2.45) is 0 Å². The van der Waals surface area contributed by atoms with Crippen LogP contribution in [0.25, 0.3) is 0 Å². The lowest BCUT2D eigenvalue weighted by Crippen LogP contribution is -2.12. The van der Waals surface area contributed by atoms with Crippen molar-refractivity contribution in [3.05, 3.63) is 59.2 Å². The first-order valence-electron chi connectivity index (χ1n) is 5.41. The van der Waals surface area contributed by atoms with Gasteiger partial charge in [-0.1, -0.05) is 30.3 Å². The van der Waals surface area contributed by atoms with E-state index in [-0.39, 0.29) is 5.82 Å². The molecule has 0 bridgehead atoms. The second kappa shape index (κ2) is 4.76. The van der Waals surface area contributed by atoms with E-state index in [0.717, 1.165) is 11.6 Å². The smallest absolute Gasteiger partial charge is 0.238 e. The number of aromatic nitrogens is 2. The van der Waals surface area contributed by atoms with Crippen LogP contribution in [0.5, 0.6) is 0 Å². The average molecular weight is 252 g/mol. The molecule has 0 N–H and O–H groups in total. The average Bonchev–Trinajstić information content (AvgIpc) is 2.28. The second-order valence-electron chi connectivity index (χ2n) is 3.97. The summed E-state index contributed by atoms with van der Waals surface area (Å²) in [5, 5.41) is 0. The van der Waals surface area contributed by atoms with Crippen molar-refractivity contribution in [1.29, 1.82) is 0 Å². The molecule has 0 aliphatic rings. The van der Waals surface area contributed by atoms with Crippen LogP contribution in [0.1, 0.15) is 22.8 Å². The molecule has 18 heavy (non-hydrogen) atoms. The summed E-state index contributed by atoms with van der Waals surface area (Å²) < 4.78 is 37.8. The molecule has 1 aromatic heterocycles. The van der Waals surface area contributed by atoms with Crippen LogP contribution in [-0.2, 0) is 12.6 Å². The van der Waals surface area contributed by atoms with Gasteiger partial charge in [-0.3, -0.25) is 0 Å². The number of nitrogens with zero attached hydrogens (tertiary/aromatic N) is 2. The van der Waals surface area contributed by atoms with Crippen LogP contribution in [0.3, 0.4) is 0 Å². The van der Waals surface area contributed by atoms with Crippen LogP contribution in [0.4, 0.5) is 13.2 Å². The molecule has 0 aliphatic heterocycles. The molecule has 0 amide bonds. The normalized spacial score (nSPS) is 11.6. The van der Waals surface area contributed by atoms with E-state index in [0.29, 0.717) is 12.1 Å². The van der Waals surface area contributed by atoms with Gasteiger partial charge in [-0.25, -0.2) is 9.97 Å². The maximum Gasteiger partial charge on any atom is 0.433 e. The van der Waals surface area contributed by atoms with Crippen LogP contribution < -0.4 is 0 Å². The lowest BCUT2D eigenvalue weighted by atomic mass is 10.1. The number of rotatable bonds is 2. The second-order valence-corrected chi connectivity index (χ2v) is 3.97. The van der Waals surface area contributed by atoms with Gasteiger partial charge in [-0.15, -0.1) is 0 Å². The van der Waals surface area contributed by atoms with Crippen LogP contribution in [0.15, 0.2) is 36.4 Å². The summed E-state index contributed by atoms with van der Waals surface area (Å²) in [6, 6.07) is 10.1. The van der Waals surface area contributed by atoms with Crippen LogP contribution in [0, 0.1) is 6.92 Å². The van der Waals surface area contributed by atoms with Crippen LogP contribution in [0.2, 0.25) is 0 Å². The Morgan fingerprint density at radius 1 is 1.06 bits per heavy atom. The van der Waals surface area contributed by atoms with Gasteiger partial charge in [-0.05, 0) is 18.6 Å². The largest absolute Gasteiger partial charge is 0.433 e. The van der Waals surface area contributed by atoms with Gasteiger partial charge < -0.3 is 0 Å². The first-order chi connectivity index (χ1) is 8.45. The Kier molecular flexibility index (Phi) is 3.32. The van der Waals surface area contributed by atoms with Gasteiger partial charge in [0.15, 0.2) is 0 Å². The van der Waals surface area contributed by atoms with E-state index in [1.54, 1.807) is 0 Å². The molecule has 5 heteroatoms. The molecule has 0 spiro atoms. The Balaban J connectivity index is 2.32. The summed E-state index contributed by atoms with van der Waals surface area (Å²) in [5.41, 5.74) is 0.320. The molecule has 0 atom stereocenters. The predicted molar refractivity (Wildman–Crippen MR) is 61.0 cm³/mol. The highest BCUT2D eigenvalue weighted by Gasteiger charge is 2.33. The SMILES string of the molecule is Cc1cc(C(F)(F)F)nc(Cc2ccccc2)n1. The molecule has 0 saturated carbocycles. The third kappa shape index (κ3) is 3.06. The molecule has 2 rings (SSSR count). The first-order valence-corrected chi connectivity index (χ1v) is 5.41. The zero-order chi connectivity index (χ0) is 13.2. The van der Waals surface area contributed by atoms with Gasteiger partial charge in [0, 0.05) is 12.1 Å². The number of aryl methyl sites for hydroxylation is 1. The molecular weight excluding hydrogens is 241 g/mol. The fourth-order valence-electron chi connectivity index (χ4n) is 1.63. The first kappa shape index (κ1) is 12.5. The van der Waals surface area contributed by atoms with Crippen LogP contribution in [-0.4, -0.2) is 9.97 Å². The van der Waals surface area contributed by atoms with Crippen molar-refractivity contribution in [3.8, 4) is 0 Å². The maximum absolute atomic E-state index is 12.6. The lowest BCUT2D eigenvalue weighted by molar-refractivity contribution is -0.141. The van der Waals surface area contributed by atoms with E-state index in [4.69, 9.17) is 0 Å². The number of benzene rings is 1. The molecule has 0 saturated heterocycles. The summed E-state index contributed by atoms with van der Waals surface area (Å²) in [5.74, 6) is 0.188. The molecule has 1 aromatic carbocycles. The summed E-state index contributed by atoms with van der Waals surface area (Å²) in [6.07, 6.45) is -4.13. The number of hydrogen-bond acceptors (Lipinski definition) is 2. The van der Waals surface area contributed by atoms with E-state index in [2.05, 4.69) is 9.97 Å². The number of hydrogen-bond donors (Lipinski definition) is 0. The van der Waals surface area contributed by atoms with E-state index in [1.165, 1.54) is 6.92 Å². The van der Waals surface area contributed by atoms with E-state index < -0.39 is 11.9 Å². The predicted octanol–water partition coefficient (Wildman–Crippen LogP) is 3.39. The van der Waals surface area contributed by atoms with Gasteiger partial charge in [0.1, 0.15) is 11.5 Å².